The van der Waals surface area contributed by atoms with E-state index in [2.05, 4.69) is 10.8 Å². The first-order valence-electron chi connectivity index (χ1n) is 5.25. The number of aryl methyl sites for hydroxylation is 2. The third-order valence-corrected chi connectivity index (χ3v) is 3.59. The van der Waals surface area contributed by atoms with E-state index in [9.17, 15) is 4.79 Å². The second-order valence-corrected chi connectivity index (χ2v) is 5.03. The van der Waals surface area contributed by atoms with Gasteiger partial charge in [-0.1, -0.05) is 17.4 Å². The number of benzene rings is 1. The number of aromatic nitrogens is 1. The van der Waals surface area contributed by atoms with E-state index in [1.54, 1.807) is 4.57 Å². The lowest BCUT2D eigenvalue weighted by Crippen LogP contribution is -2.20. The summed E-state index contributed by atoms with van der Waals surface area (Å²) in [5.41, 5.74) is 3.20. The molecule has 0 fully saturated rings. The SMILES string of the molecule is Br.COC(=O)Cn1c(=N)sc2cc(C)cc(C)c21. The lowest BCUT2D eigenvalue weighted by atomic mass is 10.1. The minimum absolute atomic E-state index is 0. The highest BCUT2D eigenvalue weighted by molar-refractivity contribution is 8.93. The molecule has 0 aliphatic carbocycles. The number of halogens is 1. The minimum atomic E-state index is -0.330. The molecule has 2 rings (SSSR count). The van der Waals surface area contributed by atoms with Gasteiger partial charge in [-0.2, -0.15) is 0 Å². The van der Waals surface area contributed by atoms with Gasteiger partial charge in [-0.25, -0.2) is 0 Å². The number of methoxy groups -OCH3 is 1. The molecule has 0 aliphatic rings. The first kappa shape index (κ1) is 14.9. The van der Waals surface area contributed by atoms with Gasteiger partial charge in [0.15, 0.2) is 4.80 Å². The number of esters is 1. The van der Waals surface area contributed by atoms with Gasteiger partial charge in [-0.05, 0) is 31.0 Å². The predicted octanol–water partition coefficient (Wildman–Crippen LogP) is 2.55. The minimum Gasteiger partial charge on any atom is -0.468 e. The molecular weight excluding hydrogens is 316 g/mol. The maximum absolute atomic E-state index is 11.3. The van der Waals surface area contributed by atoms with Gasteiger partial charge in [-0.3, -0.25) is 10.2 Å². The number of nitrogens with one attached hydrogen (secondary N) is 1. The molecule has 0 unspecified atom stereocenters. The first-order chi connectivity index (χ1) is 8.02. The summed E-state index contributed by atoms with van der Waals surface area (Å²) < 4.78 is 7.39. The zero-order valence-electron chi connectivity index (χ0n) is 10.4. The molecule has 2 aromatic rings. The Morgan fingerprint density at radius 1 is 1.44 bits per heavy atom. The zero-order chi connectivity index (χ0) is 12.6. The van der Waals surface area contributed by atoms with E-state index in [0.29, 0.717) is 4.80 Å². The van der Waals surface area contributed by atoms with Crippen molar-refractivity contribution in [3.05, 3.63) is 28.1 Å². The molecule has 0 spiro atoms. The molecule has 0 saturated carbocycles. The summed E-state index contributed by atoms with van der Waals surface area (Å²) >= 11 is 1.38. The van der Waals surface area contributed by atoms with Crippen LogP contribution in [0.2, 0.25) is 0 Å². The van der Waals surface area contributed by atoms with Gasteiger partial charge in [0.2, 0.25) is 0 Å². The number of carbonyl (C=O) groups excluding carboxylic acids is 1. The average Bonchev–Trinajstić information content (AvgIpc) is 2.55. The molecule has 0 radical (unpaired) electrons. The average molecular weight is 331 g/mol. The number of rotatable bonds is 2. The second-order valence-electron chi connectivity index (χ2n) is 4.00. The molecule has 4 nitrogen and oxygen atoms in total. The van der Waals surface area contributed by atoms with Crippen LogP contribution >= 0.6 is 28.3 Å². The van der Waals surface area contributed by atoms with E-state index >= 15 is 0 Å². The quantitative estimate of drug-likeness (QED) is 0.860. The number of hydrogen-bond donors (Lipinski definition) is 1. The molecule has 18 heavy (non-hydrogen) atoms. The number of fused-ring (bicyclic) bond motifs is 1. The van der Waals surface area contributed by atoms with Gasteiger partial charge in [0.25, 0.3) is 0 Å². The van der Waals surface area contributed by atoms with Crippen LogP contribution in [0.1, 0.15) is 11.1 Å². The second kappa shape index (κ2) is 5.67. The summed E-state index contributed by atoms with van der Waals surface area (Å²) in [6.45, 7) is 4.12. The largest absolute Gasteiger partial charge is 0.468 e. The summed E-state index contributed by atoms with van der Waals surface area (Å²) in [5, 5.41) is 7.91. The van der Waals surface area contributed by atoms with Crippen LogP contribution in [-0.2, 0) is 16.1 Å². The Bertz CT molecular complexity index is 645. The Kier molecular flexibility index (Phi) is 4.70. The van der Waals surface area contributed by atoms with E-state index in [0.717, 1.165) is 15.8 Å². The van der Waals surface area contributed by atoms with E-state index in [-0.39, 0.29) is 29.5 Å². The molecule has 1 aromatic heterocycles. The molecule has 1 aromatic carbocycles. The molecule has 0 bridgehead atoms. The van der Waals surface area contributed by atoms with Crippen molar-refractivity contribution in [1.29, 1.82) is 5.41 Å². The lowest BCUT2D eigenvalue weighted by molar-refractivity contribution is -0.141. The fourth-order valence-electron chi connectivity index (χ4n) is 1.95. The molecular formula is C12H15BrN2O2S. The van der Waals surface area contributed by atoms with E-state index in [1.807, 2.05) is 19.9 Å². The van der Waals surface area contributed by atoms with Crippen LogP contribution in [-0.4, -0.2) is 17.6 Å². The van der Waals surface area contributed by atoms with Gasteiger partial charge in [0.1, 0.15) is 6.54 Å². The van der Waals surface area contributed by atoms with Gasteiger partial charge >= 0.3 is 5.97 Å². The highest BCUT2D eigenvalue weighted by Crippen LogP contribution is 2.22. The van der Waals surface area contributed by atoms with Crippen LogP contribution in [0.25, 0.3) is 10.2 Å². The molecule has 6 heteroatoms. The molecule has 98 valence electrons. The summed E-state index contributed by atoms with van der Waals surface area (Å²) in [5.74, 6) is -0.330. The molecule has 0 amide bonds. The van der Waals surface area contributed by atoms with Crippen LogP contribution in [0, 0.1) is 19.3 Å². The summed E-state index contributed by atoms with van der Waals surface area (Å²) in [4.78, 5) is 11.7. The van der Waals surface area contributed by atoms with E-state index in [1.165, 1.54) is 24.0 Å². The normalized spacial score (nSPS) is 10.2. The zero-order valence-corrected chi connectivity index (χ0v) is 13.0. The van der Waals surface area contributed by atoms with Gasteiger partial charge in [0.05, 0.1) is 17.3 Å². The van der Waals surface area contributed by atoms with Crippen molar-refractivity contribution in [1.82, 2.24) is 4.57 Å². The fraction of sp³-hybridized carbons (Fsp3) is 0.333. The number of carbonyl (C=O) groups is 1. The number of thiazole rings is 1. The lowest BCUT2D eigenvalue weighted by Gasteiger charge is -2.06. The van der Waals surface area contributed by atoms with Crippen LogP contribution in [0.3, 0.4) is 0 Å². The van der Waals surface area contributed by atoms with Crippen molar-refractivity contribution in [3.8, 4) is 0 Å². The Hall–Kier alpha value is -1.14. The smallest absolute Gasteiger partial charge is 0.325 e. The number of nitrogens with zero attached hydrogens (tertiary/aromatic N) is 1. The summed E-state index contributed by atoms with van der Waals surface area (Å²) in [6, 6.07) is 4.10. The van der Waals surface area contributed by atoms with Crippen molar-refractivity contribution in [3.63, 3.8) is 0 Å². The maximum Gasteiger partial charge on any atom is 0.325 e. The summed E-state index contributed by atoms with van der Waals surface area (Å²) in [7, 11) is 1.36. The van der Waals surface area contributed by atoms with Crippen molar-refractivity contribution in [2.45, 2.75) is 20.4 Å². The maximum atomic E-state index is 11.3. The van der Waals surface area contributed by atoms with Crippen LogP contribution in [0.4, 0.5) is 0 Å². The van der Waals surface area contributed by atoms with Gasteiger partial charge < -0.3 is 9.30 Å². The van der Waals surface area contributed by atoms with Crippen molar-refractivity contribution < 1.29 is 9.53 Å². The highest BCUT2D eigenvalue weighted by atomic mass is 79.9. The van der Waals surface area contributed by atoms with Gasteiger partial charge in [-0.15, -0.1) is 17.0 Å². The Labute approximate surface area is 119 Å². The fourth-order valence-corrected chi connectivity index (χ4v) is 3.04. The molecule has 1 N–H and O–H groups in total. The standard InChI is InChI=1S/C12H14N2O2S.BrH/c1-7-4-8(2)11-9(5-7)17-12(13)14(11)6-10(15)16-3;/h4-5,13H,6H2,1-3H3;1H. The van der Waals surface area contributed by atoms with Crippen molar-refractivity contribution in [2.24, 2.45) is 0 Å². The number of ether oxygens (including phenoxy) is 1. The van der Waals surface area contributed by atoms with Crippen molar-refractivity contribution >= 4 is 44.5 Å². The Morgan fingerprint density at radius 2 is 2.11 bits per heavy atom. The predicted molar refractivity (Wildman–Crippen MR) is 77.5 cm³/mol. The van der Waals surface area contributed by atoms with E-state index in [4.69, 9.17) is 5.41 Å². The third-order valence-electron chi connectivity index (χ3n) is 2.65. The number of hydrogen-bond acceptors (Lipinski definition) is 4. The van der Waals surface area contributed by atoms with Crippen molar-refractivity contribution in [2.75, 3.05) is 7.11 Å². The molecule has 1 heterocycles. The molecule has 0 aliphatic heterocycles. The van der Waals surface area contributed by atoms with Crippen LogP contribution in [0.5, 0.6) is 0 Å². The Balaban J connectivity index is 0.00000162. The molecule has 0 saturated heterocycles. The van der Waals surface area contributed by atoms with Crippen LogP contribution < -0.4 is 4.80 Å². The van der Waals surface area contributed by atoms with Gasteiger partial charge in [0, 0.05) is 0 Å². The van der Waals surface area contributed by atoms with Crippen LogP contribution in [0.15, 0.2) is 12.1 Å². The highest BCUT2D eigenvalue weighted by Gasteiger charge is 2.11. The van der Waals surface area contributed by atoms with E-state index < -0.39 is 0 Å². The monoisotopic (exact) mass is 330 g/mol. The topological polar surface area (TPSA) is 55.1 Å². The Morgan fingerprint density at radius 3 is 2.72 bits per heavy atom. The first-order valence-corrected chi connectivity index (χ1v) is 6.06. The molecule has 0 atom stereocenters. The third kappa shape index (κ3) is 2.64. The summed E-state index contributed by atoms with van der Waals surface area (Å²) in [6.07, 6.45) is 0.